The lowest BCUT2D eigenvalue weighted by Gasteiger charge is -2.29. The first-order valence-electron chi connectivity index (χ1n) is 11.9. The molecule has 1 aromatic heterocycles. The van der Waals surface area contributed by atoms with Gasteiger partial charge in [-0.3, -0.25) is 9.69 Å². The highest BCUT2D eigenvalue weighted by molar-refractivity contribution is 5.98. The molecule has 1 aliphatic carbocycles. The number of hydrogen-bond donors (Lipinski definition) is 3. The van der Waals surface area contributed by atoms with Crippen molar-refractivity contribution in [2.45, 2.75) is 25.1 Å². The predicted molar refractivity (Wildman–Crippen MR) is 133 cm³/mol. The van der Waals surface area contributed by atoms with Crippen LogP contribution in [0.2, 0.25) is 0 Å². The molecule has 3 aromatic rings. The van der Waals surface area contributed by atoms with E-state index in [2.05, 4.69) is 15.6 Å². The molecule has 0 spiro atoms. The molecule has 3 amide bonds. The van der Waals surface area contributed by atoms with Gasteiger partial charge in [0.2, 0.25) is 5.91 Å². The molecule has 0 radical (unpaired) electrons. The summed E-state index contributed by atoms with van der Waals surface area (Å²) < 4.78 is 52.3. The molecule has 198 valence electrons. The van der Waals surface area contributed by atoms with Crippen molar-refractivity contribution in [3.05, 3.63) is 66.4 Å². The Morgan fingerprint density at radius 2 is 1.71 bits per heavy atom. The van der Waals surface area contributed by atoms with Crippen LogP contribution in [0.5, 0.6) is 17.2 Å². The first-order chi connectivity index (χ1) is 18.2. The van der Waals surface area contributed by atoms with E-state index in [0.717, 1.165) is 29.9 Å². The average molecular weight is 528 g/mol. The number of carbonyl (C=O) groups excluding carboxylic acids is 2. The minimum absolute atomic E-state index is 0.0187. The molecule has 2 fully saturated rings. The lowest BCUT2D eigenvalue weighted by molar-refractivity contribution is -0.137. The topological polar surface area (TPSA) is 119 Å². The maximum atomic E-state index is 13.6. The Morgan fingerprint density at radius 1 is 0.974 bits per heavy atom. The van der Waals surface area contributed by atoms with Crippen molar-refractivity contribution in [2.75, 3.05) is 23.3 Å². The summed E-state index contributed by atoms with van der Waals surface area (Å²) in [4.78, 5) is 29.4. The van der Waals surface area contributed by atoms with Crippen LogP contribution in [-0.4, -0.2) is 36.1 Å². The molecule has 4 N–H and O–H groups in total. The van der Waals surface area contributed by atoms with E-state index in [1.54, 1.807) is 24.3 Å². The Hall–Kier alpha value is -4.32. The summed E-state index contributed by atoms with van der Waals surface area (Å²) in [6.07, 6.45) is -1.70. The summed E-state index contributed by atoms with van der Waals surface area (Å²) in [5.41, 5.74) is 4.75. The lowest BCUT2D eigenvalue weighted by atomic mass is 10.1. The number of carbonyl (C=O) groups is 2. The molecular weight excluding hydrogens is 503 g/mol. The van der Waals surface area contributed by atoms with Gasteiger partial charge < -0.3 is 25.8 Å². The molecule has 2 heterocycles. The largest absolute Gasteiger partial charge is 0.488 e. The lowest BCUT2D eigenvalue weighted by Crippen LogP contribution is -2.50. The summed E-state index contributed by atoms with van der Waals surface area (Å²) in [5, 5.41) is 5.72. The number of ether oxygens (including phenoxy) is 2. The predicted octanol–water partition coefficient (Wildman–Crippen LogP) is 4.81. The van der Waals surface area contributed by atoms with Crippen LogP contribution in [0.15, 0.2) is 60.8 Å². The zero-order chi connectivity index (χ0) is 26.9. The Morgan fingerprint density at radius 3 is 2.32 bits per heavy atom. The number of nitrogens with one attached hydrogen (secondary N) is 2. The van der Waals surface area contributed by atoms with Crippen LogP contribution in [0, 0.1) is 5.92 Å². The van der Waals surface area contributed by atoms with Crippen molar-refractivity contribution in [3.63, 3.8) is 0 Å². The minimum atomic E-state index is -4.66. The van der Waals surface area contributed by atoms with Gasteiger partial charge in [-0.2, -0.15) is 13.2 Å². The number of anilines is 3. The SMILES string of the molecule is NC(=O)N(c1ccc(Oc2ccnc(NC(=O)C3CC3)c2)cc1)c1cc(OC2CNC2)cc(C(F)(F)F)c1. The number of benzene rings is 2. The molecule has 12 heteroatoms. The van der Waals surface area contributed by atoms with Gasteiger partial charge in [-0.1, -0.05) is 0 Å². The van der Waals surface area contributed by atoms with E-state index in [1.165, 1.54) is 24.4 Å². The first kappa shape index (κ1) is 25.3. The highest BCUT2D eigenvalue weighted by atomic mass is 19.4. The number of halogens is 3. The van der Waals surface area contributed by atoms with Gasteiger partial charge in [0.15, 0.2) is 0 Å². The molecule has 0 unspecified atom stereocenters. The second-order valence-electron chi connectivity index (χ2n) is 9.02. The fourth-order valence-corrected chi connectivity index (χ4v) is 3.80. The van der Waals surface area contributed by atoms with Crippen molar-refractivity contribution >= 4 is 29.1 Å². The third-order valence-electron chi connectivity index (χ3n) is 6.01. The summed E-state index contributed by atoms with van der Waals surface area (Å²) >= 11 is 0. The highest BCUT2D eigenvalue weighted by Gasteiger charge is 2.33. The van der Waals surface area contributed by atoms with Gasteiger partial charge in [0.1, 0.15) is 29.2 Å². The molecule has 0 atom stereocenters. The van der Waals surface area contributed by atoms with Crippen LogP contribution in [0.3, 0.4) is 0 Å². The van der Waals surface area contributed by atoms with Gasteiger partial charge in [-0.15, -0.1) is 0 Å². The van der Waals surface area contributed by atoms with E-state index in [9.17, 15) is 22.8 Å². The van der Waals surface area contributed by atoms with Crippen LogP contribution in [0.25, 0.3) is 0 Å². The van der Waals surface area contributed by atoms with Crippen molar-refractivity contribution < 1.29 is 32.2 Å². The van der Waals surface area contributed by atoms with Crippen LogP contribution >= 0.6 is 0 Å². The summed E-state index contributed by atoms with van der Waals surface area (Å²) in [6.45, 7) is 1.02. The third kappa shape index (κ3) is 5.97. The number of pyridine rings is 1. The number of nitrogens with zero attached hydrogens (tertiary/aromatic N) is 2. The number of amides is 3. The Bertz CT molecular complexity index is 1340. The van der Waals surface area contributed by atoms with Crippen molar-refractivity contribution in [2.24, 2.45) is 11.7 Å². The maximum Gasteiger partial charge on any atom is 0.416 e. The molecule has 0 bridgehead atoms. The molecule has 2 aromatic carbocycles. The number of rotatable bonds is 8. The van der Waals surface area contributed by atoms with Gasteiger partial charge in [0.25, 0.3) is 0 Å². The molecule has 1 aliphatic heterocycles. The number of hydrogen-bond acceptors (Lipinski definition) is 6. The molecule has 38 heavy (non-hydrogen) atoms. The Balaban J connectivity index is 1.36. The number of aromatic nitrogens is 1. The zero-order valence-electron chi connectivity index (χ0n) is 20.0. The third-order valence-corrected chi connectivity index (χ3v) is 6.01. The van der Waals surface area contributed by atoms with E-state index in [4.69, 9.17) is 15.2 Å². The minimum Gasteiger partial charge on any atom is -0.488 e. The second-order valence-corrected chi connectivity index (χ2v) is 9.02. The number of primary amides is 1. The standard InChI is InChI=1S/C26H24F3N5O4/c27-26(28,29)16-9-18(11-21(10-16)38-22-13-31-14-22)34(25(30)36)17-3-5-19(6-4-17)37-20-7-8-32-23(12-20)33-24(35)15-1-2-15/h3-12,15,22,31H,1-2,13-14H2,(H2,30,36)(H,32,33,35). The Labute approximate surface area is 215 Å². The van der Waals surface area contributed by atoms with Crippen LogP contribution in [0.4, 0.5) is 35.2 Å². The van der Waals surface area contributed by atoms with E-state index < -0.39 is 17.8 Å². The number of urea groups is 1. The first-order valence-corrected chi connectivity index (χ1v) is 11.9. The van der Waals surface area contributed by atoms with Crippen molar-refractivity contribution in [3.8, 4) is 17.2 Å². The normalized spacial score (nSPS) is 15.3. The van der Waals surface area contributed by atoms with E-state index >= 15 is 0 Å². The van der Waals surface area contributed by atoms with Crippen LogP contribution in [-0.2, 0) is 11.0 Å². The molecule has 1 saturated carbocycles. The summed E-state index contributed by atoms with van der Waals surface area (Å²) in [6, 6.07) is 11.4. The van der Waals surface area contributed by atoms with E-state index in [0.29, 0.717) is 30.4 Å². The average Bonchev–Trinajstić information content (AvgIpc) is 3.68. The molecular formula is C26H24F3N5O4. The zero-order valence-corrected chi connectivity index (χ0v) is 20.0. The number of alkyl halides is 3. The molecule has 1 saturated heterocycles. The second kappa shape index (κ2) is 10.2. The van der Waals surface area contributed by atoms with Crippen LogP contribution in [0.1, 0.15) is 18.4 Å². The molecule has 5 rings (SSSR count). The van der Waals surface area contributed by atoms with Gasteiger partial charge in [-0.25, -0.2) is 9.78 Å². The maximum absolute atomic E-state index is 13.6. The summed E-state index contributed by atoms with van der Waals surface area (Å²) in [7, 11) is 0. The quantitative estimate of drug-likeness (QED) is 0.387. The van der Waals surface area contributed by atoms with Crippen LogP contribution < -0.4 is 30.7 Å². The summed E-state index contributed by atoms with van der Waals surface area (Å²) in [5.74, 6) is 1.07. The van der Waals surface area contributed by atoms with E-state index in [-0.39, 0.29) is 35.1 Å². The fourth-order valence-electron chi connectivity index (χ4n) is 3.80. The monoisotopic (exact) mass is 527 g/mol. The van der Waals surface area contributed by atoms with Crippen molar-refractivity contribution in [1.29, 1.82) is 0 Å². The number of nitrogens with two attached hydrogens (primary N) is 1. The van der Waals surface area contributed by atoms with Gasteiger partial charge in [0.05, 0.1) is 16.9 Å². The Kier molecular flexibility index (Phi) is 6.81. The fraction of sp³-hybridized carbons (Fsp3) is 0.269. The molecule has 2 aliphatic rings. The van der Waals surface area contributed by atoms with Gasteiger partial charge in [-0.05, 0) is 55.3 Å². The van der Waals surface area contributed by atoms with Gasteiger partial charge >= 0.3 is 12.2 Å². The van der Waals surface area contributed by atoms with E-state index in [1.807, 2.05) is 0 Å². The smallest absolute Gasteiger partial charge is 0.416 e. The van der Waals surface area contributed by atoms with Gasteiger partial charge in [0, 0.05) is 37.3 Å². The van der Waals surface area contributed by atoms with Crippen molar-refractivity contribution in [1.82, 2.24) is 10.3 Å². The molecule has 9 nitrogen and oxygen atoms in total. The highest BCUT2D eigenvalue weighted by Crippen LogP contribution is 2.38.